The van der Waals surface area contributed by atoms with Gasteiger partial charge in [0.15, 0.2) is 0 Å². The summed E-state index contributed by atoms with van der Waals surface area (Å²) in [5.41, 5.74) is 0. The number of ether oxygens (including phenoxy) is 1. The first kappa shape index (κ1) is 17.6. The summed E-state index contributed by atoms with van der Waals surface area (Å²) in [5.74, 6) is 1.56. The fraction of sp³-hybridized carbons (Fsp3) is 0.824. The molecular formula is C17H29N5OS. The van der Waals surface area contributed by atoms with Gasteiger partial charge in [-0.15, -0.1) is 0 Å². The molecule has 0 amide bonds. The van der Waals surface area contributed by atoms with Gasteiger partial charge in [-0.2, -0.15) is 26.7 Å². The Labute approximate surface area is 149 Å². The molecule has 1 unspecified atom stereocenters. The Bertz CT molecular complexity index is 522. The molecule has 2 saturated heterocycles. The van der Waals surface area contributed by atoms with Crippen molar-refractivity contribution in [1.29, 1.82) is 0 Å². The third-order valence-electron chi connectivity index (χ3n) is 4.91. The van der Waals surface area contributed by atoms with Crippen LogP contribution in [-0.4, -0.2) is 59.7 Å². The molecule has 0 radical (unpaired) electrons. The normalized spacial score (nSPS) is 22.8. The van der Waals surface area contributed by atoms with E-state index in [0.29, 0.717) is 11.3 Å². The molecule has 0 N–H and O–H groups in total. The number of hydrogen-bond donors (Lipinski definition) is 0. The van der Waals surface area contributed by atoms with Crippen LogP contribution in [0.25, 0.3) is 0 Å². The lowest BCUT2D eigenvalue weighted by Gasteiger charge is -2.26. The van der Waals surface area contributed by atoms with Gasteiger partial charge in [-0.1, -0.05) is 19.3 Å². The van der Waals surface area contributed by atoms with E-state index >= 15 is 0 Å². The smallest absolute Gasteiger partial charge is 0.322 e. The van der Waals surface area contributed by atoms with Crippen LogP contribution in [-0.2, 0) is 0 Å². The molecule has 1 atom stereocenters. The van der Waals surface area contributed by atoms with E-state index < -0.39 is 0 Å². The largest absolute Gasteiger partial charge is 0.467 e. The van der Waals surface area contributed by atoms with Crippen LogP contribution >= 0.6 is 11.8 Å². The Morgan fingerprint density at radius 1 is 0.875 bits per heavy atom. The Morgan fingerprint density at radius 2 is 1.50 bits per heavy atom. The molecule has 0 aliphatic carbocycles. The van der Waals surface area contributed by atoms with Gasteiger partial charge in [0.2, 0.25) is 11.9 Å². The summed E-state index contributed by atoms with van der Waals surface area (Å²) in [6.07, 6.45) is 11.0. The zero-order chi connectivity index (χ0) is 16.8. The Kier molecular flexibility index (Phi) is 6.40. The molecule has 3 rings (SSSR count). The maximum Gasteiger partial charge on any atom is 0.322 e. The second-order valence-corrected chi connectivity index (χ2v) is 7.76. The lowest BCUT2D eigenvalue weighted by atomic mass is 10.2. The van der Waals surface area contributed by atoms with Crippen molar-refractivity contribution in [2.45, 2.75) is 50.2 Å². The fourth-order valence-corrected chi connectivity index (χ4v) is 4.19. The minimum absolute atomic E-state index is 0.434. The van der Waals surface area contributed by atoms with Crippen molar-refractivity contribution in [1.82, 2.24) is 15.0 Å². The number of aromatic nitrogens is 3. The molecule has 2 fully saturated rings. The molecule has 24 heavy (non-hydrogen) atoms. The molecular weight excluding hydrogens is 322 g/mol. The van der Waals surface area contributed by atoms with Crippen molar-refractivity contribution in [3.8, 4) is 6.01 Å². The van der Waals surface area contributed by atoms with Crippen molar-refractivity contribution < 1.29 is 4.74 Å². The van der Waals surface area contributed by atoms with Crippen molar-refractivity contribution in [3.63, 3.8) is 0 Å². The van der Waals surface area contributed by atoms with Crippen LogP contribution in [0.1, 0.15) is 44.9 Å². The van der Waals surface area contributed by atoms with E-state index in [0.717, 1.165) is 38.1 Å². The van der Waals surface area contributed by atoms with Gasteiger partial charge in [-0.3, -0.25) is 0 Å². The Hall–Kier alpha value is -1.24. The summed E-state index contributed by atoms with van der Waals surface area (Å²) in [4.78, 5) is 18.5. The first-order valence-electron chi connectivity index (χ1n) is 9.13. The minimum Gasteiger partial charge on any atom is -0.467 e. The number of anilines is 2. The van der Waals surface area contributed by atoms with E-state index in [1.165, 1.54) is 44.9 Å². The molecule has 1 aromatic heterocycles. The van der Waals surface area contributed by atoms with E-state index in [2.05, 4.69) is 26.0 Å². The molecule has 2 aliphatic heterocycles. The van der Waals surface area contributed by atoms with Crippen LogP contribution in [0, 0.1) is 0 Å². The molecule has 2 aliphatic rings. The predicted molar refractivity (Wildman–Crippen MR) is 100 cm³/mol. The standard InChI is InChI=1S/C17H29N5OS/c1-23-17-19-15(21-10-6-3-4-7-11-21)18-16(20-17)22-12-8-5-9-14(13-22)24-2/h14H,3-13H2,1-2H3. The highest BCUT2D eigenvalue weighted by atomic mass is 32.2. The molecule has 0 aromatic carbocycles. The monoisotopic (exact) mass is 351 g/mol. The zero-order valence-corrected chi connectivity index (χ0v) is 15.7. The Balaban J connectivity index is 1.84. The second kappa shape index (κ2) is 8.74. The van der Waals surface area contributed by atoms with Gasteiger partial charge in [0, 0.05) is 31.4 Å². The molecule has 0 spiro atoms. The fourth-order valence-electron chi connectivity index (χ4n) is 3.46. The molecule has 6 nitrogen and oxygen atoms in total. The number of hydrogen-bond acceptors (Lipinski definition) is 7. The van der Waals surface area contributed by atoms with Crippen LogP contribution < -0.4 is 14.5 Å². The lowest BCUT2D eigenvalue weighted by Crippen LogP contribution is -2.33. The van der Waals surface area contributed by atoms with E-state index in [4.69, 9.17) is 9.72 Å². The first-order chi connectivity index (χ1) is 11.8. The van der Waals surface area contributed by atoms with Crippen molar-refractivity contribution in [2.75, 3.05) is 49.3 Å². The van der Waals surface area contributed by atoms with Gasteiger partial charge >= 0.3 is 6.01 Å². The van der Waals surface area contributed by atoms with Crippen molar-refractivity contribution in [2.24, 2.45) is 0 Å². The average molecular weight is 352 g/mol. The summed E-state index contributed by atoms with van der Waals surface area (Å²) < 4.78 is 5.37. The SMILES string of the molecule is COc1nc(N2CCCCCC2)nc(N2CCCCC(SC)C2)n1. The summed E-state index contributed by atoms with van der Waals surface area (Å²) in [6.45, 7) is 4.08. The van der Waals surface area contributed by atoms with E-state index in [9.17, 15) is 0 Å². The van der Waals surface area contributed by atoms with Gasteiger partial charge in [-0.25, -0.2) is 0 Å². The lowest BCUT2D eigenvalue weighted by molar-refractivity contribution is 0.377. The van der Waals surface area contributed by atoms with Gasteiger partial charge in [0.05, 0.1) is 7.11 Å². The number of nitrogens with zero attached hydrogens (tertiary/aromatic N) is 5. The highest BCUT2D eigenvalue weighted by molar-refractivity contribution is 7.99. The predicted octanol–water partition coefficient (Wildman–Crippen LogP) is 2.98. The second-order valence-electron chi connectivity index (χ2n) is 6.62. The van der Waals surface area contributed by atoms with Gasteiger partial charge < -0.3 is 14.5 Å². The molecule has 1 aromatic rings. The molecule has 7 heteroatoms. The highest BCUT2D eigenvalue weighted by Crippen LogP contribution is 2.25. The van der Waals surface area contributed by atoms with Crippen LogP contribution in [0.15, 0.2) is 0 Å². The van der Waals surface area contributed by atoms with Gasteiger partial charge in [0.1, 0.15) is 0 Å². The third-order valence-corrected chi connectivity index (χ3v) is 5.96. The van der Waals surface area contributed by atoms with Crippen molar-refractivity contribution >= 4 is 23.7 Å². The topological polar surface area (TPSA) is 54.4 Å². The van der Waals surface area contributed by atoms with Gasteiger partial charge in [-0.05, 0) is 31.9 Å². The summed E-state index contributed by atoms with van der Waals surface area (Å²) >= 11 is 1.95. The van der Waals surface area contributed by atoms with Crippen LogP contribution in [0.5, 0.6) is 6.01 Å². The number of thioether (sulfide) groups is 1. The number of methoxy groups -OCH3 is 1. The maximum absolute atomic E-state index is 5.37. The van der Waals surface area contributed by atoms with Crippen LogP contribution in [0.2, 0.25) is 0 Å². The quantitative estimate of drug-likeness (QED) is 0.826. The molecule has 3 heterocycles. The third kappa shape index (κ3) is 4.43. The maximum atomic E-state index is 5.37. The summed E-state index contributed by atoms with van der Waals surface area (Å²) in [5, 5.41) is 0.650. The van der Waals surface area contributed by atoms with E-state index in [1.54, 1.807) is 7.11 Å². The van der Waals surface area contributed by atoms with E-state index in [-0.39, 0.29) is 0 Å². The van der Waals surface area contributed by atoms with E-state index in [1.807, 2.05) is 11.8 Å². The van der Waals surface area contributed by atoms with Gasteiger partial charge in [0.25, 0.3) is 0 Å². The number of rotatable bonds is 4. The summed E-state index contributed by atoms with van der Waals surface area (Å²) in [6, 6.07) is 0.434. The first-order valence-corrected chi connectivity index (χ1v) is 10.4. The summed E-state index contributed by atoms with van der Waals surface area (Å²) in [7, 11) is 1.64. The molecule has 0 saturated carbocycles. The minimum atomic E-state index is 0.434. The zero-order valence-electron chi connectivity index (χ0n) is 14.9. The molecule has 0 bridgehead atoms. The van der Waals surface area contributed by atoms with Crippen LogP contribution in [0.4, 0.5) is 11.9 Å². The highest BCUT2D eigenvalue weighted by Gasteiger charge is 2.22. The van der Waals surface area contributed by atoms with Crippen molar-refractivity contribution in [3.05, 3.63) is 0 Å². The molecule has 134 valence electrons. The van der Waals surface area contributed by atoms with Crippen LogP contribution in [0.3, 0.4) is 0 Å². The average Bonchev–Trinajstić information content (AvgIpc) is 3.04. The Morgan fingerprint density at radius 3 is 2.17 bits per heavy atom.